The first-order chi connectivity index (χ1) is 18.0. The molecule has 0 aliphatic heterocycles. The van der Waals surface area contributed by atoms with Crippen molar-refractivity contribution >= 4 is 46.8 Å². The largest absolute Gasteiger partial charge is 0.454 e. The number of benzene rings is 2. The minimum atomic E-state index is -0.524. The van der Waals surface area contributed by atoms with E-state index in [0.717, 1.165) is 5.56 Å². The van der Waals surface area contributed by atoms with Gasteiger partial charge in [-0.3, -0.25) is 14.2 Å². The number of aryl methyl sites for hydroxylation is 1. The molecule has 3 aromatic rings. The fourth-order valence-corrected chi connectivity index (χ4v) is 4.12. The average molecular weight is 564 g/mol. The molecule has 0 bridgehead atoms. The summed E-state index contributed by atoms with van der Waals surface area (Å²) in [5, 5.41) is 6.03. The van der Waals surface area contributed by atoms with Crippen molar-refractivity contribution in [3.8, 4) is 11.5 Å². The highest BCUT2D eigenvalue weighted by molar-refractivity contribution is 7.98. The lowest BCUT2D eigenvalue weighted by Crippen LogP contribution is -2.34. The number of ether oxygens (including phenoxy) is 1. The topological polar surface area (TPSA) is 96.4 Å². The number of anilines is 3. The molecule has 0 saturated heterocycles. The monoisotopic (exact) mass is 563 g/mol. The number of halogens is 2. The molecule has 0 spiro atoms. The van der Waals surface area contributed by atoms with Crippen molar-refractivity contribution < 1.29 is 13.9 Å². The number of amides is 1. The van der Waals surface area contributed by atoms with Gasteiger partial charge in [0, 0.05) is 25.2 Å². The van der Waals surface area contributed by atoms with Crippen molar-refractivity contribution in [3.05, 3.63) is 74.3 Å². The molecule has 1 amide bonds. The van der Waals surface area contributed by atoms with E-state index < -0.39 is 17.3 Å². The highest BCUT2D eigenvalue weighted by Gasteiger charge is 2.27. The van der Waals surface area contributed by atoms with Crippen molar-refractivity contribution in [2.45, 2.75) is 47.6 Å². The van der Waals surface area contributed by atoms with Crippen LogP contribution in [0.1, 0.15) is 49.2 Å². The van der Waals surface area contributed by atoms with Crippen LogP contribution in [0.4, 0.5) is 21.6 Å². The van der Waals surface area contributed by atoms with Crippen LogP contribution in [0.5, 0.6) is 11.5 Å². The number of aromatic nitrogens is 1. The summed E-state index contributed by atoms with van der Waals surface area (Å²) in [6.07, 6.45) is 0. The Morgan fingerprint density at radius 2 is 1.82 bits per heavy atom. The Kier molecular flexibility index (Phi) is 11.5. The molecule has 1 aromatic heterocycles. The zero-order valence-electron chi connectivity index (χ0n) is 22.9. The van der Waals surface area contributed by atoms with Gasteiger partial charge in [-0.2, -0.15) is 0 Å². The third-order valence-corrected chi connectivity index (χ3v) is 6.14. The van der Waals surface area contributed by atoms with E-state index >= 15 is 0 Å². The summed E-state index contributed by atoms with van der Waals surface area (Å²) >= 11 is 7.78. The number of nitrogens with zero attached hydrogens (tertiary/aromatic N) is 1. The third-order valence-electron chi connectivity index (χ3n) is 5.23. The summed E-state index contributed by atoms with van der Waals surface area (Å²) in [5.74, 6) is -0.681. The van der Waals surface area contributed by atoms with E-state index in [1.807, 2.05) is 27.7 Å². The van der Waals surface area contributed by atoms with E-state index in [2.05, 4.69) is 20.1 Å². The van der Waals surface area contributed by atoms with Gasteiger partial charge >= 0.3 is 0 Å². The summed E-state index contributed by atoms with van der Waals surface area (Å²) in [7, 11) is 3.26. The number of hydrogen-bond donors (Lipinski definition) is 4. The highest BCUT2D eigenvalue weighted by atomic mass is 35.5. The molecule has 1 heterocycles. The van der Waals surface area contributed by atoms with Gasteiger partial charge in [-0.05, 0) is 64.6 Å². The number of pyridine rings is 1. The molecule has 11 heteroatoms. The second kappa shape index (κ2) is 14.1. The quantitative estimate of drug-likeness (QED) is 0.215. The number of hydrogen-bond acceptors (Lipinski definition) is 7. The molecule has 2 aromatic carbocycles. The molecule has 8 nitrogen and oxygen atoms in total. The number of carbonyl (C=O) groups is 1. The number of nitrogens with one attached hydrogen (secondary N) is 4. The lowest BCUT2D eigenvalue weighted by Gasteiger charge is -2.22. The Morgan fingerprint density at radius 1 is 1.13 bits per heavy atom. The molecule has 206 valence electrons. The maximum absolute atomic E-state index is 14.7. The SMILES string of the molecule is CC.CNSNc1cccc(Oc2c(C(=O)NC(C)C)c(Nc3ccc(C)cc3F)n(C)c(=O)c2C)c1Cl. The summed E-state index contributed by atoms with van der Waals surface area (Å²) in [6, 6.07) is 9.55. The molecule has 0 unspecified atom stereocenters. The number of carbonyl (C=O) groups excluding carboxylic acids is 1. The fourth-order valence-electron chi connectivity index (χ4n) is 3.47. The van der Waals surface area contributed by atoms with Crippen molar-refractivity contribution in [1.29, 1.82) is 0 Å². The van der Waals surface area contributed by atoms with Gasteiger partial charge in [-0.1, -0.05) is 37.6 Å². The van der Waals surface area contributed by atoms with Crippen LogP contribution in [-0.2, 0) is 7.05 Å². The van der Waals surface area contributed by atoms with Gasteiger partial charge in [0.2, 0.25) is 0 Å². The molecule has 0 aliphatic rings. The lowest BCUT2D eigenvalue weighted by atomic mass is 10.1. The predicted octanol–water partition coefficient (Wildman–Crippen LogP) is 6.69. The maximum Gasteiger partial charge on any atom is 0.259 e. The summed E-state index contributed by atoms with van der Waals surface area (Å²) in [5.41, 5.74) is 1.23. The Bertz CT molecular complexity index is 1350. The first-order valence-electron chi connectivity index (χ1n) is 12.2. The Balaban J connectivity index is 0.00000247. The van der Waals surface area contributed by atoms with Crippen LogP contribution in [0, 0.1) is 19.7 Å². The van der Waals surface area contributed by atoms with E-state index in [4.69, 9.17) is 16.3 Å². The molecule has 0 saturated carbocycles. The first kappa shape index (κ1) is 31.0. The van der Waals surface area contributed by atoms with Gasteiger partial charge in [0.15, 0.2) is 5.75 Å². The molecule has 4 N–H and O–H groups in total. The van der Waals surface area contributed by atoms with Gasteiger partial charge in [-0.25, -0.2) is 9.11 Å². The van der Waals surface area contributed by atoms with Crippen LogP contribution < -0.4 is 30.4 Å². The maximum atomic E-state index is 14.7. The Morgan fingerprint density at radius 3 is 2.42 bits per heavy atom. The van der Waals surface area contributed by atoms with Gasteiger partial charge in [0.25, 0.3) is 11.5 Å². The van der Waals surface area contributed by atoms with Crippen LogP contribution in [0.3, 0.4) is 0 Å². The fraction of sp³-hybridized carbons (Fsp3) is 0.333. The van der Waals surface area contributed by atoms with E-state index in [1.54, 1.807) is 51.2 Å². The molecule has 0 fully saturated rings. The van der Waals surface area contributed by atoms with Crippen LogP contribution in [0.25, 0.3) is 0 Å². The first-order valence-corrected chi connectivity index (χ1v) is 13.4. The third kappa shape index (κ3) is 7.21. The van der Waals surface area contributed by atoms with E-state index in [1.165, 1.54) is 29.8 Å². The van der Waals surface area contributed by atoms with Crippen molar-refractivity contribution in [2.24, 2.45) is 7.05 Å². The smallest absolute Gasteiger partial charge is 0.259 e. The second-order valence-electron chi connectivity index (χ2n) is 8.41. The minimum Gasteiger partial charge on any atom is -0.454 e. The summed E-state index contributed by atoms with van der Waals surface area (Å²) < 4.78 is 28.1. The summed E-state index contributed by atoms with van der Waals surface area (Å²) in [6.45, 7) is 11.0. The van der Waals surface area contributed by atoms with E-state index in [9.17, 15) is 14.0 Å². The highest BCUT2D eigenvalue weighted by Crippen LogP contribution is 2.39. The lowest BCUT2D eigenvalue weighted by molar-refractivity contribution is 0.0941. The average Bonchev–Trinajstić information content (AvgIpc) is 2.88. The van der Waals surface area contributed by atoms with Crippen LogP contribution in [0.15, 0.2) is 41.2 Å². The molecular formula is C27H35ClFN5O3S. The standard InChI is InChI=1S/C25H29ClFN5O3S.C2H6/c1-13(2)29-24(33)20-22(35-19-9-7-8-18(21(19)26)31-36-28-5)15(4)25(34)32(6)23(20)30-17-11-10-14(3)12-16(17)27;1-2/h7-13,28,30-31H,1-6H3,(H,29,33);1-2H3. The minimum absolute atomic E-state index is 0.0200. The van der Waals surface area contributed by atoms with E-state index in [-0.39, 0.29) is 45.2 Å². The Labute approximate surface area is 232 Å². The normalized spacial score (nSPS) is 10.5. The van der Waals surface area contributed by atoms with Crippen molar-refractivity contribution in [2.75, 3.05) is 17.1 Å². The zero-order valence-corrected chi connectivity index (χ0v) is 24.5. The molecule has 3 rings (SSSR count). The molecule has 0 aliphatic carbocycles. The summed E-state index contributed by atoms with van der Waals surface area (Å²) in [4.78, 5) is 26.6. The van der Waals surface area contributed by atoms with E-state index in [0.29, 0.717) is 5.69 Å². The predicted molar refractivity (Wildman–Crippen MR) is 157 cm³/mol. The van der Waals surface area contributed by atoms with Crippen molar-refractivity contribution in [1.82, 2.24) is 14.6 Å². The zero-order chi connectivity index (χ0) is 28.6. The second-order valence-corrected chi connectivity index (χ2v) is 9.60. The van der Waals surface area contributed by atoms with Crippen LogP contribution >= 0.6 is 23.7 Å². The van der Waals surface area contributed by atoms with Crippen LogP contribution in [-0.4, -0.2) is 23.6 Å². The molecule has 0 radical (unpaired) electrons. The molecule has 38 heavy (non-hydrogen) atoms. The van der Waals surface area contributed by atoms with Gasteiger partial charge < -0.3 is 20.1 Å². The van der Waals surface area contributed by atoms with Crippen molar-refractivity contribution in [3.63, 3.8) is 0 Å². The van der Waals surface area contributed by atoms with Gasteiger partial charge in [0.1, 0.15) is 28.0 Å². The Hall–Kier alpha value is -3.21. The van der Waals surface area contributed by atoms with Crippen LogP contribution in [0.2, 0.25) is 5.02 Å². The number of rotatable bonds is 9. The molecule has 0 atom stereocenters. The van der Waals surface area contributed by atoms with Gasteiger partial charge in [-0.15, -0.1) is 0 Å². The molecular weight excluding hydrogens is 529 g/mol. The van der Waals surface area contributed by atoms with Gasteiger partial charge in [0.05, 0.1) is 16.9 Å².